The second-order valence-corrected chi connectivity index (χ2v) is 6.42. The second kappa shape index (κ2) is 8.23. The van der Waals surface area contributed by atoms with Crippen LogP contribution in [0.2, 0.25) is 5.02 Å². The molecule has 0 amide bonds. The first-order chi connectivity index (χ1) is 9.81. The largest absolute Gasteiger partial charge is 0.369 e. The minimum absolute atomic E-state index is 0. The normalized spacial score (nSPS) is 23.7. The summed E-state index contributed by atoms with van der Waals surface area (Å²) in [6, 6.07) is 8.21. The molecule has 2 heterocycles. The molecular formula is C16H25Cl2N3. The molecule has 1 atom stereocenters. The van der Waals surface area contributed by atoms with Gasteiger partial charge in [-0.1, -0.05) is 17.7 Å². The first kappa shape index (κ1) is 16.9. The lowest BCUT2D eigenvalue weighted by Crippen LogP contribution is -2.49. The fourth-order valence-electron chi connectivity index (χ4n) is 3.31. The molecule has 0 aliphatic carbocycles. The van der Waals surface area contributed by atoms with Crippen LogP contribution in [0.4, 0.5) is 5.69 Å². The van der Waals surface area contributed by atoms with Crippen LogP contribution in [0.3, 0.4) is 0 Å². The van der Waals surface area contributed by atoms with Crippen LogP contribution in [0.25, 0.3) is 0 Å². The molecule has 0 saturated carbocycles. The summed E-state index contributed by atoms with van der Waals surface area (Å²) < 4.78 is 0. The topological polar surface area (TPSA) is 18.5 Å². The maximum absolute atomic E-state index is 6.08. The van der Waals surface area contributed by atoms with Crippen molar-refractivity contribution in [1.82, 2.24) is 10.2 Å². The molecule has 1 aromatic rings. The van der Waals surface area contributed by atoms with Gasteiger partial charge in [-0.3, -0.25) is 4.90 Å². The average Bonchev–Trinajstić information content (AvgIpc) is 2.49. The molecule has 1 unspecified atom stereocenters. The quantitative estimate of drug-likeness (QED) is 0.919. The van der Waals surface area contributed by atoms with Crippen molar-refractivity contribution in [2.45, 2.75) is 12.8 Å². The summed E-state index contributed by atoms with van der Waals surface area (Å²) in [5.74, 6) is 0.849. The number of hydrogen-bond acceptors (Lipinski definition) is 3. The third-order valence-corrected chi connectivity index (χ3v) is 4.70. The zero-order valence-electron chi connectivity index (χ0n) is 12.4. The van der Waals surface area contributed by atoms with Crippen LogP contribution in [0, 0.1) is 5.92 Å². The average molecular weight is 330 g/mol. The SMILES string of the molecule is Cl.Clc1cccc(N2CCN(CC3CCCNC3)CC2)c1. The van der Waals surface area contributed by atoms with Crippen molar-refractivity contribution in [3.05, 3.63) is 29.3 Å². The molecule has 0 bridgehead atoms. The predicted octanol–water partition coefficient (Wildman–Crippen LogP) is 2.88. The number of piperazine rings is 1. The number of halogens is 2. The Labute approximate surface area is 139 Å². The minimum Gasteiger partial charge on any atom is -0.369 e. The molecule has 1 N–H and O–H groups in total. The maximum atomic E-state index is 6.08. The molecule has 2 aliphatic heterocycles. The van der Waals surface area contributed by atoms with E-state index in [-0.39, 0.29) is 12.4 Å². The molecular weight excluding hydrogens is 305 g/mol. The molecule has 0 radical (unpaired) electrons. The Morgan fingerprint density at radius 2 is 2.00 bits per heavy atom. The van der Waals surface area contributed by atoms with Gasteiger partial charge in [0.1, 0.15) is 0 Å². The Kier molecular flexibility index (Phi) is 6.62. The standard InChI is InChI=1S/C16H24ClN3.ClH/c17-15-4-1-5-16(11-15)20-9-7-19(8-10-20)13-14-3-2-6-18-12-14;/h1,4-5,11,14,18H,2-3,6-10,12-13H2;1H. The Morgan fingerprint density at radius 1 is 1.19 bits per heavy atom. The molecule has 1 aromatic carbocycles. The summed E-state index contributed by atoms with van der Waals surface area (Å²) in [7, 11) is 0. The number of nitrogens with zero attached hydrogens (tertiary/aromatic N) is 2. The summed E-state index contributed by atoms with van der Waals surface area (Å²) in [4.78, 5) is 5.07. The van der Waals surface area contributed by atoms with E-state index in [0.717, 1.165) is 24.0 Å². The van der Waals surface area contributed by atoms with E-state index in [0.29, 0.717) is 0 Å². The van der Waals surface area contributed by atoms with E-state index in [1.54, 1.807) is 0 Å². The summed E-state index contributed by atoms with van der Waals surface area (Å²) in [5, 5.41) is 4.35. The van der Waals surface area contributed by atoms with Gasteiger partial charge in [0.2, 0.25) is 0 Å². The number of rotatable bonds is 3. The van der Waals surface area contributed by atoms with Crippen LogP contribution in [0.15, 0.2) is 24.3 Å². The zero-order chi connectivity index (χ0) is 13.8. The number of hydrogen-bond donors (Lipinski definition) is 1. The smallest absolute Gasteiger partial charge is 0.0426 e. The first-order valence-electron chi connectivity index (χ1n) is 7.75. The highest BCUT2D eigenvalue weighted by Crippen LogP contribution is 2.21. The van der Waals surface area contributed by atoms with Crippen molar-refractivity contribution >= 4 is 29.7 Å². The van der Waals surface area contributed by atoms with Crippen molar-refractivity contribution in [3.63, 3.8) is 0 Å². The fraction of sp³-hybridized carbons (Fsp3) is 0.625. The first-order valence-corrected chi connectivity index (χ1v) is 8.12. The van der Waals surface area contributed by atoms with Crippen molar-refractivity contribution < 1.29 is 0 Å². The summed E-state index contributed by atoms with van der Waals surface area (Å²) in [6.45, 7) is 8.23. The van der Waals surface area contributed by atoms with Gasteiger partial charge >= 0.3 is 0 Å². The van der Waals surface area contributed by atoms with Crippen LogP contribution in [0.1, 0.15) is 12.8 Å². The molecule has 21 heavy (non-hydrogen) atoms. The summed E-state index contributed by atoms with van der Waals surface area (Å²) in [6.07, 6.45) is 2.73. The van der Waals surface area contributed by atoms with Gasteiger partial charge in [0.05, 0.1) is 0 Å². The maximum Gasteiger partial charge on any atom is 0.0426 e. The molecule has 2 aliphatic rings. The van der Waals surface area contributed by atoms with Crippen LogP contribution in [0.5, 0.6) is 0 Å². The lowest BCUT2D eigenvalue weighted by atomic mass is 9.99. The zero-order valence-corrected chi connectivity index (χ0v) is 14.0. The van der Waals surface area contributed by atoms with E-state index in [2.05, 4.69) is 27.2 Å². The molecule has 5 heteroatoms. The number of nitrogens with one attached hydrogen (secondary N) is 1. The third-order valence-electron chi connectivity index (χ3n) is 4.46. The number of benzene rings is 1. The summed E-state index contributed by atoms with van der Waals surface area (Å²) in [5.41, 5.74) is 1.26. The van der Waals surface area contributed by atoms with Crippen LogP contribution in [-0.2, 0) is 0 Å². The van der Waals surface area contributed by atoms with Gasteiger partial charge in [-0.25, -0.2) is 0 Å². The summed E-state index contributed by atoms with van der Waals surface area (Å²) >= 11 is 6.08. The lowest BCUT2D eigenvalue weighted by Gasteiger charge is -2.38. The highest BCUT2D eigenvalue weighted by atomic mass is 35.5. The third kappa shape index (κ3) is 4.75. The van der Waals surface area contributed by atoms with Gasteiger partial charge in [0.25, 0.3) is 0 Å². The number of anilines is 1. The monoisotopic (exact) mass is 329 g/mol. The van der Waals surface area contributed by atoms with Gasteiger partial charge < -0.3 is 10.2 Å². The highest BCUT2D eigenvalue weighted by molar-refractivity contribution is 6.30. The fourth-order valence-corrected chi connectivity index (χ4v) is 3.49. The Hall–Kier alpha value is -0.480. The van der Waals surface area contributed by atoms with Gasteiger partial charge in [0.15, 0.2) is 0 Å². The van der Waals surface area contributed by atoms with Crippen molar-refractivity contribution in [2.24, 2.45) is 5.92 Å². The van der Waals surface area contributed by atoms with Gasteiger partial charge in [-0.05, 0) is 50.0 Å². The number of piperidine rings is 1. The Morgan fingerprint density at radius 3 is 2.67 bits per heavy atom. The van der Waals surface area contributed by atoms with Crippen LogP contribution >= 0.6 is 24.0 Å². The van der Waals surface area contributed by atoms with Gasteiger partial charge in [0, 0.05) is 43.4 Å². The Balaban J connectivity index is 0.00000161. The molecule has 3 rings (SSSR count). The minimum atomic E-state index is 0. The molecule has 0 aromatic heterocycles. The van der Waals surface area contributed by atoms with Crippen LogP contribution < -0.4 is 10.2 Å². The lowest BCUT2D eigenvalue weighted by molar-refractivity contribution is 0.199. The van der Waals surface area contributed by atoms with Gasteiger partial charge in [-0.2, -0.15) is 0 Å². The van der Waals surface area contributed by atoms with E-state index in [1.807, 2.05) is 12.1 Å². The highest BCUT2D eigenvalue weighted by Gasteiger charge is 2.21. The van der Waals surface area contributed by atoms with Crippen molar-refractivity contribution in [2.75, 3.05) is 50.7 Å². The predicted molar refractivity (Wildman–Crippen MR) is 92.9 cm³/mol. The molecule has 2 fully saturated rings. The second-order valence-electron chi connectivity index (χ2n) is 5.98. The molecule has 2 saturated heterocycles. The molecule has 118 valence electrons. The van der Waals surface area contributed by atoms with Crippen LogP contribution in [-0.4, -0.2) is 50.7 Å². The van der Waals surface area contributed by atoms with E-state index >= 15 is 0 Å². The van der Waals surface area contributed by atoms with E-state index in [1.165, 1.54) is 51.3 Å². The van der Waals surface area contributed by atoms with Crippen molar-refractivity contribution in [3.8, 4) is 0 Å². The Bertz CT molecular complexity index is 427. The van der Waals surface area contributed by atoms with Gasteiger partial charge in [-0.15, -0.1) is 12.4 Å². The van der Waals surface area contributed by atoms with E-state index < -0.39 is 0 Å². The van der Waals surface area contributed by atoms with Crippen molar-refractivity contribution in [1.29, 1.82) is 0 Å². The molecule has 0 spiro atoms. The molecule has 3 nitrogen and oxygen atoms in total. The van der Waals surface area contributed by atoms with E-state index in [9.17, 15) is 0 Å². The van der Waals surface area contributed by atoms with E-state index in [4.69, 9.17) is 11.6 Å².